The fourth-order valence-electron chi connectivity index (χ4n) is 1.75. The van der Waals surface area contributed by atoms with E-state index in [4.69, 9.17) is 21.8 Å². The summed E-state index contributed by atoms with van der Waals surface area (Å²) in [5.41, 5.74) is 0.674. The van der Waals surface area contributed by atoms with Crippen LogP contribution in [-0.4, -0.2) is 27.1 Å². The highest BCUT2D eigenvalue weighted by atomic mass is 35.5. The van der Waals surface area contributed by atoms with Crippen LogP contribution < -0.4 is 0 Å². The van der Waals surface area contributed by atoms with E-state index < -0.39 is 11.9 Å². The number of H-pyrrole nitrogens is 1. The highest BCUT2D eigenvalue weighted by Crippen LogP contribution is 2.25. The second-order valence-electron chi connectivity index (χ2n) is 3.54. The van der Waals surface area contributed by atoms with Crippen molar-refractivity contribution in [2.45, 2.75) is 6.42 Å². The van der Waals surface area contributed by atoms with E-state index in [-0.39, 0.29) is 17.7 Å². The predicted octanol–water partition coefficient (Wildman–Crippen LogP) is 2.15. The molecule has 0 bridgehead atoms. The fourth-order valence-corrected chi connectivity index (χ4v) is 1.92. The van der Waals surface area contributed by atoms with Gasteiger partial charge in [-0.2, -0.15) is 0 Å². The number of halogens is 1. The number of fused-ring (bicyclic) bond motifs is 1. The van der Waals surface area contributed by atoms with Crippen LogP contribution in [0, 0.1) is 0 Å². The number of aromatic carboxylic acids is 1. The molecule has 0 radical (unpaired) electrons. The molecule has 0 saturated heterocycles. The Labute approximate surface area is 101 Å². The van der Waals surface area contributed by atoms with Gasteiger partial charge in [-0.15, -0.1) is 0 Å². The van der Waals surface area contributed by atoms with Gasteiger partial charge in [0, 0.05) is 21.5 Å². The van der Waals surface area contributed by atoms with Crippen LogP contribution in [-0.2, 0) is 11.2 Å². The summed E-state index contributed by atoms with van der Waals surface area (Å²) >= 11 is 5.78. The molecule has 2 rings (SSSR count). The summed E-state index contributed by atoms with van der Waals surface area (Å²) in [7, 11) is 0. The number of aromatic nitrogens is 1. The van der Waals surface area contributed by atoms with Gasteiger partial charge in [-0.05, 0) is 12.1 Å². The molecule has 6 heteroatoms. The van der Waals surface area contributed by atoms with Crippen molar-refractivity contribution < 1.29 is 19.8 Å². The van der Waals surface area contributed by atoms with E-state index in [1.54, 1.807) is 18.2 Å². The first kappa shape index (κ1) is 11.5. The van der Waals surface area contributed by atoms with Crippen molar-refractivity contribution in [1.29, 1.82) is 0 Å². The molecule has 0 aliphatic heterocycles. The molecule has 0 aliphatic rings. The number of aliphatic carboxylic acids is 1. The van der Waals surface area contributed by atoms with E-state index in [0.717, 1.165) is 0 Å². The zero-order valence-corrected chi connectivity index (χ0v) is 9.28. The Balaban J connectivity index is 2.71. The number of hydrogen-bond acceptors (Lipinski definition) is 2. The Morgan fingerprint density at radius 1 is 1.29 bits per heavy atom. The van der Waals surface area contributed by atoms with Crippen molar-refractivity contribution in [3.8, 4) is 0 Å². The number of hydrogen-bond donors (Lipinski definition) is 3. The molecular formula is C11H8ClNO4. The molecule has 3 N–H and O–H groups in total. The monoisotopic (exact) mass is 253 g/mol. The summed E-state index contributed by atoms with van der Waals surface area (Å²) < 4.78 is 0. The third kappa shape index (κ3) is 2.09. The molecule has 88 valence electrons. The lowest BCUT2D eigenvalue weighted by atomic mass is 10.1. The molecule has 1 aromatic carbocycles. The molecule has 0 fully saturated rings. The Morgan fingerprint density at radius 2 is 2.00 bits per heavy atom. The van der Waals surface area contributed by atoms with Crippen LogP contribution >= 0.6 is 11.6 Å². The average Bonchev–Trinajstić information content (AvgIpc) is 2.55. The highest BCUT2D eigenvalue weighted by molar-refractivity contribution is 6.31. The maximum absolute atomic E-state index is 11.0. The van der Waals surface area contributed by atoms with Crippen LogP contribution in [0.1, 0.15) is 16.1 Å². The maximum Gasteiger partial charge on any atom is 0.352 e. The van der Waals surface area contributed by atoms with E-state index >= 15 is 0 Å². The number of nitrogens with one attached hydrogen (secondary N) is 1. The number of carboxylic acid groups (broad SMARTS) is 2. The van der Waals surface area contributed by atoms with Crippen LogP contribution in [0.3, 0.4) is 0 Å². The third-order valence-corrected chi connectivity index (χ3v) is 2.65. The average molecular weight is 254 g/mol. The van der Waals surface area contributed by atoms with Gasteiger partial charge in [-0.3, -0.25) is 4.79 Å². The van der Waals surface area contributed by atoms with Crippen molar-refractivity contribution in [3.05, 3.63) is 34.5 Å². The van der Waals surface area contributed by atoms with Crippen molar-refractivity contribution >= 4 is 34.4 Å². The summed E-state index contributed by atoms with van der Waals surface area (Å²) in [5.74, 6) is -2.27. The van der Waals surface area contributed by atoms with Gasteiger partial charge in [0.25, 0.3) is 0 Å². The van der Waals surface area contributed by atoms with Gasteiger partial charge in [-0.1, -0.05) is 17.7 Å². The molecule has 0 saturated carbocycles. The molecule has 0 unspecified atom stereocenters. The largest absolute Gasteiger partial charge is 0.481 e. The third-order valence-electron chi connectivity index (χ3n) is 2.41. The van der Waals surface area contributed by atoms with E-state index in [9.17, 15) is 9.59 Å². The zero-order chi connectivity index (χ0) is 12.6. The minimum absolute atomic E-state index is 0.107. The molecule has 17 heavy (non-hydrogen) atoms. The normalized spacial score (nSPS) is 10.6. The molecular weight excluding hydrogens is 246 g/mol. The number of carboxylic acids is 2. The number of aromatic amines is 1. The quantitative estimate of drug-likeness (QED) is 0.782. The van der Waals surface area contributed by atoms with Crippen LogP contribution in [0.2, 0.25) is 5.02 Å². The smallest absolute Gasteiger partial charge is 0.352 e. The second-order valence-corrected chi connectivity index (χ2v) is 3.98. The molecule has 1 heterocycles. The molecule has 0 atom stereocenters. The minimum Gasteiger partial charge on any atom is -0.481 e. The first-order valence-electron chi connectivity index (χ1n) is 4.74. The van der Waals surface area contributed by atoms with Crippen LogP contribution in [0.15, 0.2) is 18.2 Å². The number of rotatable bonds is 3. The molecule has 0 aliphatic carbocycles. The summed E-state index contributed by atoms with van der Waals surface area (Å²) in [6.45, 7) is 0. The molecule has 5 nitrogen and oxygen atoms in total. The highest BCUT2D eigenvalue weighted by Gasteiger charge is 2.19. The number of carbonyl (C=O) groups is 2. The van der Waals surface area contributed by atoms with Gasteiger partial charge >= 0.3 is 11.9 Å². The lowest BCUT2D eigenvalue weighted by Crippen LogP contribution is -2.06. The Morgan fingerprint density at radius 3 is 2.59 bits per heavy atom. The van der Waals surface area contributed by atoms with E-state index in [2.05, 4.69) is 4.98 Å². The second kappa shape index (κ2) is 4.10. The maximum atomic E-state index is 11.0. The molecule has 0 spiro atoms. The van der Waals surface area contributed by atoms with Crippen LogP contribution in [0.5, 0.6) is 0 Å². The van der Waals surface area contributed by atoms with Crippen LogP contribution in [0.4, 0.5) is 0 Å². The first-order valence-corrected chi connectivity index (χ1v) is 5.12. The van der Waals surface area contributed by atoms with Gasteiger partial charge in [0.1, 0.15) is 5.69 Å². The van der Waals surface area contributed by atoms with Gasteiger partial charge in [0.2, 0.25) is 0 Å². The lowest BCUT2D eigenvalue weighted by molar-refractivity contribution is -0.136. The van der Waals surface area contributed by atoms with Crippen molar-refractivity contribution in [3.63, 3.8) is 0 Å². The van der Waals surface area contributed by atoms with Gasteiger partial charge in [0.15, 0.2) is 0 Å². The van der Waals surface area contributed by atoms with Gasteiger partial charge < -0.3 is 15.2 Å². The lowest BCUT2D eigenvalue weighted by Gasteiger charge is -1.97. The van der Waals surface area contributed by atoms with Crippen molar-refractivity contribution in [2.75, 3.05) is 0 Å². The van der Waals surface area contributed by atoms with Crippen molar-refractivity contribution in [1.82, 2.24) is 4.98 Å². The van der Waals surface area contributed by atoms with E-state index in [0.29, 0.717) is 15.9 Å². The fraction of sp³-hybridized carbons (Fsp3) is 0.0909. The van der Waals surface area contributed by atoms with E-state index in [1.165, 1.54) is 0 Å². The molecule has 0 amide bonds. The predicted molar refractivity (Wildman–Crippen MR) is 61.6 cm³/mol. The van der Waals surface area contributed by atoms with Gasteiger partial charge in [0.05, 0.1) is 6.42 Å². The Hall–Kier alpha value is -2.01. The van der Waals surface area contributed by atoms with Gasteiger partial charge in [-0.25, -0.2) is 4.79 Å². The van der Waals surface area contributed by atoms with E-state index in [1.807, 2.05) is 0 Å². The first-order chi connectivity index (χ1) is 7.99. The standard InChI is InChI=1S/C11H8ClNO4/c12-5-1-2-6-7(4-9(14)15)10(11(16)17)13-8(6)3-5/h1-3,13H,4H2,(H,14,15)(H,16,17). The van der Waals surface area contributed by atoms with Crippen LogP contribution in [0.25, 0.3) is 10.9 Å². The number of benzene rings is 1. The molecule has 1 aromatic heterocycles. The topological polar surface area (TPSA) is 90.4 Å². The summed E-state index contributed by atoms with van der Waals surface area (Å²) in [5, 5.41) is 18.8. The summed E-state index contributed by atoms with van der Waals surface area (Å²) in [6.07, 6.45) is -0.344. The molecule has 2 aromatic rings. The minimum atomic E-state index is -1.19. The van der Waals surface area contributed by atoms with Crippen molar-refractivity contribution in [2.24, 2.45) is 0 Å². The zero-order valence-electron chi connectivity index (χ0n) is 8.53. The SMILES string of the molecule is O=C(O)Cc1c(C(=O)O)[nH]c2cc(Cl)ccc12. The Kier molecular flexibility index (Phi) is 2.77. The summed E-state index contributed by atoms with van der Waals surface area (Å²) in [4.78, 5) is 24.4. The summed E-state index contributed by atoms with van der Waals surface area (Å²) in [6, 6.07) is 4.77. The Bertz CT molecular complexity index is 617.